The lowest BCUT2D eigenvalue weighted by atomic mass is 10.0. The molecule has 0 atom stereocenters. The molecule has 23 heavy (non-hydrogen) atoms. The summed E-state index contributed by atoms with van der Waals surface area (Å²) in [6.07, 6.45) is 0. The molecule has 0 saturated carbocycles. The predicted molar refractivity (Wildman–Crippen MR) is 92.3 cm³/mol. The molecule has 4 heteroatoms. The van der Waals surface area contributed by atoms with E-state index in [1.165, 1.54) is 16.8 Å². The molecule has 0 aromatic heterocycles. The normalized spacial score (nSPS) is 14.7. The minimum atomic E-state index is 0.574. The fraction of sp³-hybridized carbons (Fsp3) is 0.368. The van der Waals surface area contributed by atoms with Gasteiger partial charge >= 0.3 is 0 Å². The van der Waals surface area contributed by atoms with Crippen LogP contribution in [0.25, 0.3) is 11.1 Å². The summed E-state index contributed by atoms with van der Waals surface area (Å²) in [5, 5.41) is 0. The number of hydrogen-bond acceptors (Lipinski definition) is 4. The first kappa shape index (κ1) is 15.8. The Hall–Kier alpha value is -2.04. The number of hydrogen-bond donors (Lipinski definition) is 0. The van der Waals surface area contributed by atoms with Crippen molar-refractivity contribution in [1.82, 2.24) is 0 Å². The maximum absolute atomic E-state index is 5.59. The summed E-state index contributed by atoms with van der Waals surface area (Å²) in [5.74, 6) is 0.871. The van der Waals surface area contributed by atoms with Crippen LogP contribution in [-0.2, 0) is 9.47 Å². The smallest absolute Gasteiger partial charge is 0.119 e. The van der Waals surface area contributed by atoms with E-state index in [1.807, 2.05) is 12.1 Å². The summed E-state index contributed by atoms with van der Waals surface area (Å²) in [7, 11) is 1.67. The van der Waals surface area contributed by atoms with Crippen molar-refractivity contribution in [3.8, 4) is 16.9 Å². The van der Waals surface area contributed by atoms with E-state index >= 15 is 0 Å². The van der Waals surface area contributed by atoms with Crippen LogP contribution in [0.4, 0.5) is 5.69 Å². The molecule has 0 radical (unpaired) electrons. The van der Waals surface area contributed by atoms with Gasteiger partial charge in [-0.3, -0.25) is 0 Å². The largest absolute Gasteiger partial charge is 0.491 e. The molecule has 1 saturated heterocycles. The summed E-state index contributed by atoms with van der Waals surface area (Å²) in [6.45, 7) is 4.73. The van der Waals surface area contributed by atoms with Crippen molar-refractivity contribution in [2.45, 2.75) is 0 Å². The topological polar surface area (TPSA) is 30.9 Å². The maximum Gasteiger partial charge on any atom is 0.119 e. The molecular weight excluding hydrogens is 290 g/mol. The Morgan fingerprint density at radius 2 is 1.48 bits per heavy atom. The molecule has 2 aromatic carbocycles. The van der Waals surface area contributed by atoms with E-state index in [2.05, 4.69) is 41.3 Å². The van der Waals surface area contributed by atoms with Crippen LogP contribution in [-0.4, -0.2) is 46.6 Å². The summed E-state index contributed by atoms with van der Waals surface area (Å²) in [5.41, 5.74) is 3.67. The van der Waals surface area contributed by atoms with E-state index in [-0.39, 0.29) is 0 Å². The van der Waals surface area contributed by atoms with Gasteiger partial charge in [0.05, 0.1) is 19.8 Å². The van der Waals surface area contributed by atoms with Crippen LogP contribution in [0.1, 0.15) is 0 Å². The third kappa shape index (κ3) is 4.24. The first-order chi connectivity index (χ1) is 11.4. The molecule has 1 heterocycles. The van der Waals surface area contributed by atoms with Gasteiger partial charge in [-0.25, -0.2) is 0 Å². The van der Waals surface area contributed by atoms with E-state index < -0.39 is 0 Å². The van der Waals surface area contributed by atoms with Crippen LogP contribution in [0.15, 0.2) is 48.5 Å². The van der Waals surface area contributed by atoms with Crippen LogP contribution in [0.5, 0.6) is 5.75 Å². The Labute approximate surface area is 137 Å². The zero-order chi connectivity index (χ0) is 15.9. The van der Waals surface area contributed by atoms with Gasteiger partial charge in [0.1, 0.15) is 12.4 Å². The highest BCUT2D eigenvalue weighted by Crippen LogP contribution is 2.25. The average molecular weight is 313 g/mol. The van der Waals surface area contributed by atoms with Crippen LogP contribution in [0, 0.1) is 0 Å². The summed E-state index contributed by atoms with van der Waals surface area (Å²) in [4.78, 5) is 2.36. The monoisotopic (exact) mass is 313 g/mol. The van der Waals surface area contributed by atoms with Gasteiger partial charge in [-0.05, 0) is 35.4 Å². The fourth-order valence-corrected chi connectivity index (χ4v) is 2.67. The van der Waals surface area contributed by atoms with Gasteiger partial charge in [0.25, 0.3) is 0 Å². The standard InChI is InChI=1S/C19H23NO3/c1-21-14-15-23-19-8-4-17(5-9-19)16-2-6-18(7-3-16)20-10-12-22-13-11-20/h2-9H,10-15H2,1H3. The quantitative estimate of drug-likeness (QED) is 0.766. The summed E-state index contributed by atoms with van der Waals surface area (Å²) in [6, 6.07) is 16.9. The Morgan fingerprint density at radius 1 is 0.870 bits per heavy atom. The zero-order valence-electron chi connectivity index (χ0n) is 13.5. The highest BCUT2D eigenvalue weighted by Gasteiger charge is 2.10. The Morgan fingerprint density at radius 3 is 2.09 bits per heavy atom. The third-order valence-corrected chi connectivity index (χ3v) is 3.99. The molecule has 4 nitrogen and oxygen atoms in total. The van der Waals surface area contributed by atoms with Gasteiger partial charge in [-0.15, -0.1) is 0 Å². The number of morpholine rings is 1. The molecule has 122 valence electrons. The molecule has 1 fully saturated rings. The second kappa shape index (κ2) is 7.99. The van der Waals surface area contributed by atoms with Crippen molar-refractivity contribution in [2.75, 3.05) is 51.5 Å². The number of ether oxygens (including phenoxy) is 3. The van der Waals surface area contributed by atoms with Crippen molar-refractivity contribution in [2.24, 2.45) is 0 Å². The molecule has 1 aliphatic heterocycles. The van der Waals surface area contributed by atoms with Crippen molar-refractivity contribution in [3.05, 3.63) is 48.5 Å². The predicted octanol–water partition coefficient (Wildman–Crippen LogP) is 3.22. The Balaban J connectivity index is 1.64. The first-order valence-electron chi connectivity index (χ1n) is 8.02. The van der Waals surface area contributed by atoms with Gasteiger partial charge < -0.3 is 19.1 Å². The van der Waals surface area contributed by atoms with E-state index in [1.54, 1.807) is 7.11 Å². The van der Waals surface area contributed by atoms with E-state index in [0.717, 1.165) is 32.1 Å². The molecule has 0 unspecified atom stereocenters. The number of anilines is 1. The van der Waals surface area contributed by atoms with Gasteiger partial charge in [0.15, 0.2) is 0 Å². The van der Waals surface area contributed by atoms with Crippen molar-refractivity contribution < 1.29 is 14.2 Å². The van der Waals surface area contributed by atoms with Gasteiger partial charge in [0.2, 0.25) is 0 Å². The Kier molecular flexibility index (Phi) is 5.51. The zero-order valence-corrected chi connectivity index (χ0v) is 13.5. The van der Waals surface area contributed by atoms with E-state index in [0.29, 0.717) is 13.2 Å². The minimum absolute atomic E-state index is 0.574. The van der Waals surface area contributed by atoms with Crippen LogP contribution in [0.3, 0.4) is 0 Å². The van der Waals surface area contributed by atoms with Crippen LogP contribution >= 0.6 is 0 Å². The molecular formula is C19H23NO3. The van der Waals surface area contributed by atoms with Crippen molar-refractivity contribution >= 4 is 5.69 Å². The molecule has 0 spiro atoms. The summed E-state index contributed by atoms with van der Waals surface area (Å²) >= 11 is 0. The number of benzene rings is 2. The molecule has 1 aliphatic rings. The third-order valence-electron chi connectivity index (χ3n) is 3.99. The molecule has 0 bridgehead atoms. The van der Waals surface area contributed by atoms with Gasteiger partial charge in [-0.1, -0.05) is 24.3 Å². The number of rotatable bonds is 6. The average Bonchev–Trinajstić information content (AvgIpc) is 2.63. The molecule has 0 N–H and O–H groups in total. The van der Waals surface area contributed by atoms with Crippen LogP contribution in [0.2, 0.25) is 0 Å². The number of methoxy groups -OCH3 is 1. The SMILES string of the molecule is COCCOc1ccc(-c2ccc(N3CCOCC3)cc2)cc1. The molecule has 2 aromatic rings. The maximum atomic E-state index is 5.59. The van der Waals surface area contributed by atoms with Gasteiger partial charge in [0, 0.05) is 25.9 Å². The second-order valence-electron chi connectivity index (χ2n) is 5.51. The minimum Gasteiger partial charge on any atom is -0.491 e. The lowest BCUT2D eigenvalue weighted by molar-refractivity contribution is 0.122. The lowest BCUT2D eigenvalue weighted by Crippen LogP contribution is -2.36. The molecule has 0 amide bonds. The highest BCUT2D eigenvalue weighted by molar-refractivity contribution is 5.67. The first-order valence-corrected chi connectivity index (χ1v) is 8.02. The second-order valence-corrected chi connectivity index (χ2v) is 5.51. The van der Waals surface area contributed by atoms with Crippen molar-refractivity contribution in [3.63, 3.8) is 0 Å². The van der Waals surface area contributed by atoms with Gasteiger partial charge in [-0.2, -0.15) is 0 Å². The van der Waals surface area contributed by atoms with E-state index in [9.17, 15) is 0 Å². The summed E-state index contributed by atoms with van der Waals surface area (Å²) < 4.78 is 16.0. The lowest BCUT2D eigenvalue weighted by Gasteiger charge is -2.28. The fourth-order valence-electron chi connectivity index (χ4n) is 2.67. The van der Waals surface area contributed by atoms with Crippen LogP contribution < -0.4 is 9.64 Å². The van der Waals surface area contributed by atoms with E-state index in [4.69, 9.17) is 14.2 Å². The molecule has 3 rings (SSSR count). The van der Waals surface area contributed by atoms with Crippen molar-refractivity contribution in [1.29, 1.82) is 0 Å². The Bertz CT molecular complexity index is 589. The molecule has 0 aliphatic carbocycles. The highest BCUT2D eigenvalue weighted by atomic mass is 16.5. The number of nitrogens with zero attached hydrogens (tertiary/aromatic N) is 1.